The predicted octanol–water partition coefficient (Wildman–Crippen LogP) is 3.93. The fraction of sp³-hybridized carbons (Fsp3) is 0.486. The number of rotatable bonds is 19. The van der Waals surface area contributed by atoms with Gasteiger partial charge >= 0.3 is 6.03 Å². The second kappa shape index (κ2) is 19.1. The Bertz CT molecular complexity index is 1800. The number of hydrogen-bond donors (Lipinski definition) is 3. The molecule has 1 aromatic heterocycles. The summed E-state index contributed by atoms with van der Waals surface area (Å²) in [5.41, 5.74) is 2.10. The molecule has 0 spiro atoms. The number of amides is 3. The first-order valence-electron chi connectivity index (χ1n) is 17.7. The van der Waals surface area contributed by atoms with E-state index in [1.54, 1.807) is 21.0 Å². The first-order chi connectivity index (χ1) is 25.2. The number of nitrogens with one attached hydrogen (secondary N) is 1. The van der Waals surface area contributed by atoms with Crippen LogP contribution in [0.15, 0.2) is 75.1 Å². The first-order valence-corrected chi connectivity index (χ1v) is 20.1. The summed E-state index contributed by atoms with van der Waals surface area (Å²) >= 11 is 1.44. The zero-order valence-corrected chi connectivity index (χ0v) is 32.9. The average molecular weight is 769 g/mol. The zero-order valence-electron chi connectivity index (χ0n) is 31.2. The van der Waals surface area contributed by atoms with Crippen LogP contribution in [0.25, 0.3) is 0 Å². The Morgan fingerprint density at radius 1 is 1.06 bits per heavy atom. The number of hydrazone groups is 1. The molecule has 14 nitrogen and oxygen atoms in total. The number of nitrogens with zero attached hydrogens (tertiary/aromatic N) is 7. The molecule has 0 aliphatic carbocycles. The largest absolute Gasteiger partial charge is 0.411 e. The number of sulfonamides is 1. The number of hydrogen-bond acceptors (Lipinski definition) is 11. The van der Waals surface area contributed by atoms with E-state index in [4.69, 9.17) is 5.21 Å². The number of carbonyl (C=O) groups excluding carboxylic acids is 2. The summed E-state index contributed by atoms with van der Waals surface area (Å²) in [6.07, 6.45) is 2.42. The van der Waals surface area contributed by atoms with Crippen LogP contribution in [0.1, 0.15) is 55.9 Å². The molecule has 16 heteroatoms. The monoisotopic (exact) mass is 768 g/mol. The molecule has 4 rings (SSSR count). The molecule has 2 aromatic carbocycles. The van der Waals surface area contributed by atoms with E-state index in [2.05, 4.69) is 20.6 Å². The number of urea groups is 1. The van der Waals surface area contributed by atoms with Crippen LogP contribution in [0, 0.1) is 11.8 Å². The van der Waals surface area contributed by atoms with Crippen molar-refractivity contribution < 1.29 is 28.3 Å². The van der Waals surface area contributed by atoms with E-state index >= 15 is 0 Å². The lowest BCUT2D eigenvalue weighted by molar-refractivity contribution is -0.128. The highest BCUT2D eigenvalue weighted by molar-refractivity contribution is 7.89. The van der Waals surface area contributed by atoms with Crippen LogP contribution >= 0.6 is 11.3 Å². The van der Waals surface area contributed by atoms with Crippen molar-refractivity contribution in [1.29, 1.82) is 0 Å². The molecule has 3 N–H and O–H groups in total. The fourth-order valence-electron chi connectivity index (χ4n) is 6.13. The minimum Gasteiger partial charge on any atom is -0.411 e. The molecular weight excluding hydrogens is 717 g/mol. The molecule has 0 radical (unpaired) electrons. The maximum Gasteiger partial charge on any atom is 0.321 e. The summed E-state index contributed by atoms with van der Waals surface area (Å²) in [6.45, 7) is 8.57. The Kier molecular flexibility index (Phi) is 14.9. The topological polar surface area (TPSA) is 171 Å². The third kappa shape index (κ3) is 11.3. The molecule has 2 unspecified atom stereocenters. The van der Waals surface area contributed by atoms with Gasteiger partial charge < -0.3 is 30.4 Å². The third-order valence-electron chi connectivity index (χ3n) is 9.01. The van der Waals surface area contributed by atoms with Gasteiger partial charge in [0.05, 0.1) is 41.7 Å². The standard InChI is InChI=1S/C37H52N8O6S2/c1-7-27(4)35(45-18-17-43(37(45)48)23-30-25-52-34(40-30)21-38-42(5)6)36(47)41-32(19-28-11-9-8-10-12-28)33(46)24-44(22-26(2)3)53(50,51)31-15-13-29(14-16-31)20-39-49/h8-16,20-21,25-27,32-33,35,46,49H,7,17-19,22-24H2,1-6H3,(H,41,47)/b38-21+,39-20+/t27?,32-,33+,35?/m0/s1. The van der Waals surface area contributed by atoms with Gasteiger partial charge in [0.25, 0.3) is 0 Å². The number of carbonyl (C=O) groups is 2. The number of thiazole rings is 1. The van der Waals surface area contributed by atoms with Gasteiger partial charge in [0.2, 0.25) is 15.9 Å². The van der Waals surface area contributed by atoms with Crippen molar-refractivity contribution in [1.82, 2.24) is 29.4 Å². The van der Waals surface area contributed by atoms with Crippen molar-refractivity contribution in [3.8, 4) is 0 Å². The van der Waals surface area contributed by atoms with Gasteiger partial charge in [-0.25, -0.2) is 18.2 Å². The number of aliphatic hydroxyl groups is 1. The molecule has 0 saturated carbocycles. The maximum atomic E-state index is 14.3. The van der Waals surface area contributed by atoms with Gasteiger partial charge in [-0.05, 0) is 41.5 Å². The number of oxime groups is 1. The molecule has 1 aliphatic heterocycles. The predicted molar refractivity (Wildman–Crippen MR) is 207 cm³/mol. The molecule has 1 saturated heterocycles. The van der Waals surface area contributed by atoms with E-state index < -0.39 is 34.1 Å². The molecule has 1 fully saturated rings. The summed E-state index contributed by atoms with van der Waals surface area (Å²) in [5, 5.41) is 35.2. The second-order valence-electron chi connectivity index (χ2n) is 13.9. The molecular formula is C37H52N8O6S2. The van der Waals surface area contributed by atoms with Crippen molar-refractivity contribution in [2.45, 2.75) is 70.2 Å². The van der Waals surface area contributed by atoms with Gasteiger partial charge in [0, 0.05) is 45.7 Å². The maximum absolute atomic E-state index is 14.3. The van der Waals surface area contributed by atoms with Crippen LogP contribution in [0.5, 0.6) is 0 Å². The molecule has 1 aliphatic rings. The van der Waals surface area contributed by atoms with E-state index in [0.717, 1.165) is 16.3 Å². The van der Waals surface area contributed by atoms with Gasteiger partial charge in [-0.2, -0.15) is 9.41 Å². The van der Waals surface area contributed by atoms with E-state index in [-0.39, 0.29) is 42.3 Å². The SMILES string of the molecule is CCC(C)C(C(=O)N[C@@H](Cc1ccccc1)[C@H](O)CN(CC(C)C)S(=O)(=O)c1ccc(/C=N/O)cc1)N1CCN(Cc2csc(/C=N/N(C)C)n2)C1=O. The average Bonchev–Trinajstić information content (AvgIpc) is 3.73. The summed E-state index contributed by atoms with van der Waals surface area (Å²) < 4.78 is 29.1. The Morgan fingerprint density at radius 2 is 1.75 bits per heavy atom. The van der Waals surface area contributed by atoms with Crippen molar-refractivity contribution in [2.24, 2.45) is 22.1 Å². The normalized spacial score (nSPS) is 16.2. The Balaban J connectivity index is 1.57. The van der Waals surface area contributed by atoms with E-state index in [9.17, 15) is 23.1 Å². The second-order valence-corrected chi connectivity index (χ2v) is 16.7. The van der Waals surface area contributed by atoms with Crippen molar-refractivity contribution >= 4 is 45.7 Å². The molecule has 288 valence electrons. The highest BCUT2D eigenvalue weighted by Gasteiger charge is 2.41. The quantitative estimate of drug-likeness (QED) is 0.0936. The molecule has 2 heterocycles. The Morgan fingerprint density at radius 3 is 2.38 bits per heavy atom. The molecule has 4 atom stereocenters. The number of aromatic nitrogens is 1. The van der Waals surface area contributed by atoms with Crippen molar-refractivity contribution in [3.05, 3.63) is 81.8 Å². The summed E-state index contributed by atoms with van der Waals surface area (Å²) in [5.74, 6) is -0.691. The van der Waals surface area contributed by atoms with Crippen LogP contribution in [0.2, 0.25) is 0 Å². The van der Waals surface area contributed by atoms with Gasteiger partial charge in [-0.15, -0.1) is 11.3 Å². The summed E-state index contributed by atoms with van der Waals surface area (Å²) in [4.78, 5) is 36.0. The Labute approximate surface area is 316 Å². The molecule has 3 amide bonds. The first kappa shape index (κ1) is 41.4. The van der Waals surface area contributed by atoms with Gasteiger partial charge in [0.1, 0.15) is 11.0 Å². The van der Waals surface area contributed by atoms with E-state index in [1.165, 1.54) is 46.1 Å². The third-order valence-corrected chi connectivity index (χ3v) is 11.7. The number of aliphatic hydroxyl groups excluding tert-OH is 1. The van der Waals surface area contributed by atoms with Crippen molar-refractivity contribution in [3.63, 3.8) is 0 Å². The minimum absolute atomic E-state index is 0.0218. The van der Waals surface area contributed by atoms with Crippen LogP contribution < -0.4 is 5.32 Å². The highest BCUT2D eigenvalue weighted by atomic mass is 32.2. The van der Waals surface area contributed by atoms with Crippen molar-refractivity contribution in [2.75, 3.05) is 40.3 Å². The van der Waals surface area contributed by atoms with E-state index in [0.29, 0.717) is 31.6 Å². The minimum atomic E-state index is -4.07. The zero-order chi connectivity index (χ0) is 38.7. The highest BCUT2D eigenvalue weighted by Crippen LogP contribution is 2.24. The van der Waals surface area contributed by atoms with Gasteiger partial charge in [-0.1, -0.05) is 81.7 Å². The Hall–Kier alpha value is -4.38. The van der Waals surface area contributed by atoms with Crippen LogP contribution in [0.3, 0.4) is 0 Å². The van der Waals surface area contributed by atoms with Crippen LogP contribution in [-0.2, 0) is 27.8 Å². The smallest absolute Gasteiger partial charge is 0.321 e. The molecule has 53 heavy (non-hydrogen) atoms. The van der Waals surface area contributed by atoms with Gasteiger partial charge in [0.15, 0.2) is 0 Å². The lowest BCUT2D eigenvalue weighted by atomic mass is 9.95. The lowest BCUT2D eigenvalue weighted by Gasteiger charge is -2.35. The summed E-state index contributed by atoms with van der Waals surface area (Å²) in [6, 6.07) is 13.3. The van der Waals surface area contributed by atoms with E-state index in [1.807, 2.05) is 77.5 Å². The fourth-order valence-corrected chi connectivity index (χ4v) is 8.41. The summed E-state index contributed by atoms with van der Waals surface area (Å²) in [7, 11) is -0.425. The molecule has 0 bridgehead atoms. The number of benzene rings is 2. The van der Waals surface area contributed by atoms with Crippen LogP contribution in [-0.4, -0.2) is 126 Å². The lowest BCUT2D eigenvalue weighted by Crippen LogP contribution is -2.57. The van der Waals surface area contributed by atoms with Crippen LogP contribution in [0.4, 0.5) is 4.79 Å². The molecule has 3 aromatic rings. The van der Waals surface area contributed by atoms with Gasteiger partial charge in [-0.3, -0.25) is 4.79 Å².